The first kappa shape index (κ1) is 15.1. The van der Waals surface area contributed by atoms with E-state index in [9.17, 15) is 0 Å². The van der Waals surface area contributed by atoms with Gasteiger partial charge in [0.15, 0.2) is 0 Å². The summed E-state index contributed by atoms with van der Waals surface area (Å²) in [5, 5.41) is 0. The minimum Gasteiger partial charge on any atom is -0.330 e. The Labute approximate surface area is 111 Å². The molecule has 0 amide bonds. The highest BCUT2D eigenvalue weighted by molar-refractivity contribution is 5.09. The fraction of sp³-hybridized carbons (Fsp3) is 0.667. The second-order valence-electron chi connectivity index (χ2n) is 5.88. The van der Waals surface area contributed by atoms with E-state index in [1.54, 1.807) is 0 Å². The van der Waals surface area contributed by atoms with Crippen LogP contribution in [0.1, 0.15) is 32.3 Å². The Bertz CT molecular complexity index is 322. The van der Waals surface area contributed by atoms with Crippen LogP contribution in [-0.2, 0) is 6.42 Å². The number of rotatable bonds is 8. The molecule has 1 rings (SSSR count). The Hall–Kier alpha value is -0.930. The van der Waals surface area contributed by atoms with Crippen LogP contribution < -0.4 is 5.73 Å². The molecule has 2 N–H and O–H groups in total. The zero-order chi connectivity index (χ0) is 13.4. The van der Waals surface area contributed by atoms with Crippen LogP contribution in [0.5, 0.6) is 0 Å². The fourth-order valence-electron chi connectivity index (χ4n) is 1.91. The molecule has 0 aromatic carbocycles. The summed E-state index contributed by atoms with van der Waals surface area (Å²) in [6, 6.07) is 4.18. The monoisotopic (exact) mass is 249 g/mol. The van der Waals surface area contributed by atoms with E-state index in [2.05, 4.69) is 42.9 Å². The van der Waals surface area contributed by atoms with E-state index in [0.29, 0.717) is 0 Å². The molecule has 1 aromatic rings. The van der Waals surface area contributed by atoms with E-state index in [1.807, 2.05) is 12.4 Å². The average molecular weight is 249 g/mol. The minimum atomic E-state index is 0.284. The predicted octanol–water partition coefficient (Wildman–Crippen LogP) is 2.32. The van der Waals surface area contributed by atoms with Crippen LogP contribution in [0.4, 0.5) is 0 Å². The van der Waals surface area contributed by atoms with Gasteiger partial charge in [-0.3, -0.25) is 4.98 Å². The van der Waals surface area contributed by atoms with Crippen molar-refractivity contribution in [2.45, 2.75) is 33.1 Å². The Morgan fingerprint density at radius 1 is 1.22 bits per heavy atom. The first-order chi connectivity index (χ1) is 8.53. The van der Waals surface area contributed by atoms with E-state index in [1.165, 1.54) is 18.4 Å². The van der Waals surface area contributed by atoms with E-state index in [-0.39, 0.29) is 5.41 Å². The molecule has 1 aromatic heterocycles. The van der Waals surface area contributed by atoms with Gasteiger partial charge in [0.25, 0.3) is 0 Å². The summed E-state index contributed by atoms with van der Waals surface area (Å²) in [6.45, 7) is 7.50. The van der Waals surface area contributed by atoms with E-state index in [0.717, 1.165) is 26.1 Å². The number of hydrogen-bond acceptors (Lipinski definition) is 3. The number of hydrogen-bond donors (Lipinski definition) is 1. The van der Waals surface area contributed by atoms with Crippen LogP contribution >= 0.6 is 0 Å². The van der Waals surface area contributed by atoms with E-state index >= 15 is 0 Å². The minimum absolute atomic E-state index is 0.284. The second kappa shape index (κ2) is 7.49. The van der Waals surface area contributed by atoms with Crippen LogP contribution in [0.2, 0.25) is 0 Å². The molecular weight excluding hydrogens is 222 g/mol. The number of nitrogens with zero attached hydrogens (tertiary/aromatic N) is 2. The molecule has 0 aliphatic carbocycles. The van der Waals surface area contributed by atoms with Crippen LogP contribution in [0.15, 0.2) is 24.5 Å². The number of pyridine rings is 1. The average Bonchev–Trinajstić information content (AvgIpc) is 2.37. The van der Waals surface area contributed by atoms with Gasteiger partial charge in [0.05, 0.1) is 0 Å². The third-order valence-corrected chi connectivity index (χ3v) is 3.48. The predicted molar refractivity (Wildman–Crippen MR) is 77.5 cm³/mol. The molecule has 0 bridgehead atoms. The van der Waals surface area contributed by atoms with Gasteiger partial charge in [-0.25, -0.2) is 0 Å². The second-order valence-corrected chi connectivity index (χ2v) is 5.88. The lowest BCUT2D eigenvalue weighted by Gasteiger charge is -2.24. The summed E-state index contributed by atoms with van der Waals surface area (Å²) in [5.41, 5.74) is 7.38. The summed E-state index contributed by atoms with van der Waals surface area (Å²) in [6.07, 6.45) is 7.23. The van der Waals surface area contributed by atoms with Gasteiger partial charge in [-0.15, -0.1) is 0 Å². The maximum atomic E-state index is 5.74. The molecule has 0 radical (unpaired) electrons. The maximum Gasteiger partial charge on any atom is 0.0270 e. The molecule has 0 saturated carbocycles. The lowest BCUT2D eigenvalue weighted by atomic mass is 9.88. The summed E-state index contributed by atoms with van der Waals surface area (Å²) in [4.78, 5) is 6.43. The Morgan fingerprint density at radius 2 is 1.89 bits per heavy atom. The Balaban J connectivity index is 2.16. The topological polar surface area (TPSA) is 42.1 Å². The molecule has 0 spiro atoms. The Kier molecular flexibility index (Phi) is 6.30. The van der Waals surface area contributed by atoms with Gasteiger partial charge in [-0.1, -0.05) is 13.8 Å². The molecule has 0 aliphatic rings. The molecule has 0 aliphatic heterocycles. The van der Waals surface area contributed by atoms with Crippen LogP contribution in [-0.4, -0.2) is 36.6 Å². The summed E-state index contributed by atoms with van der Waals surface area (Å²) < 4.78 is 0. The van der Waals surface area contributed by atoms with Gasteiger partial charge in [-0.2, -0.15) is 0 Å². The quantitative estimate of drug-likeness (QED) is 0.769. The summed E-state index contributed by atoms with van der Waals surface area (Å²) in [7, 11) is 2.19. The maximum absolute atomic E-state index is 5.74. The summed E-state index contributed by atoms with van der Waals surface area (Å²) >= 11 is 0. The molecule has 0 unspecified atom stereocenters. The van der Waals surface area contributed by atoms with Crippen LogP contribution in [0, 0.1) is 5.41 Å². The first-order valence-electron chi connectivity index (χ1n) is 6.81. The third-order valence-electron chi connectivity index (χ3n) is 3.48. The van der Waals surface area contributed by atoms with Crippen LogP contribution in [0.25, 0.3) is 0 Å². The lowest BCUT2D eigenvalue weighted by molar-refractivity contribution is 0.280. The highest BCUT2D eigenvalue weighted by atomic mass is 15.1. The molecule has 3 nitrogen and oxygen atoms in total. The molecule has 0 fully saturated rings. The van der Waals surface area contributed by atoms with Crippen molar-refractivity contribution in [3.05, 3.63) is 30.1 Å². The fourth-order valence-corrected chi connectivity index (χ4v) is 1.91. The standard InChI is InChI=1S/C15H27N3/c1-15(2,13-16)8-4-11-18(3)12-7-14-5-9-17-10-6-14/h5-6,9-10H,4,7-8,11-13,16H2,1-3H3. The normalized spacial score (nSPS) is 12.1. The zero-order valence-electron chi connectivity index (χ0n) is 12.0. The molecule has 0 saturated heterocycles. The lowest BCUT2D eigenvalue weighted by Crippen LogP contribution is -2.27. The molecule has 102 valence electrons. The van der Waals surface area contributed by atoms with E-state index < -0.39 is 0 Å². The number of nitrogens with two attached hydrogens (primary N) is 1. The van der Waals surface area contributed by atoms with Gasteiger partial charge >= 0.3 is 0 Å². The Morgan fingerprint density at radius 3 is 2.50 bits per heavy atom. The van der Waals surface area contributed by atoms with Gasteiger partial charge < -0.3 is 10.6 Å². The van der Waals surface area contributed by atoms with Crippen molar-refractivity contribution in [2.75, 3.05) is 26.7 Å². The van der Waals surface area contributed by atoms with Gasteiger partial charge in [0, 0.05) is 18.9 Å². The number of aromatic nitrogens is 1. The number of likely N-dealkylation sites (N-methyl/N-ethyl adjacent to an activating group) is 1. The highest BCUT2D eigenvalue weighted by Gasteiger charge is 2.14. The smallest absolute Gasteiger partial charge is 0.0270 e. The summed E-state index contributed by atoms with van der Waals surface area (Å²) in [5.74, 6) is 0. The van der Waals surface area contributed by atoms with Gasteiger partial charge in [0.1, 0.15) is 0 Å². The molecule has 0 atom stereocenters. The van der Waals surface area contributed by atoms with Gasteiger partial charge in [0.2, 0.25) is 0 Å². The van der Waals surface area contributed by atoms with Crippen molar-refractivity contribution in [1.82, 2.24) is 9.88 Å². The van der Waals surface area contributed by atoms with Crippen molar-refractivity contribution in [3.8, 4) is 0 Å². The molecule has 1 heterocycles. The van der Waals surface area contributed by atoms with Crippen molar-refractivity contribution < 1.29 is 0 Å². The van der Waals surface area contributed by atoms with Crippen LogP contribution in [0.3, 0.4) is 0 Å². The van der Waals surface area contributed by atoms with Gasteiger partial charge in [-0.05, 0) is 62.5 Å². The van der Waals surface area contributed by atoms with Crippen molar-refractivity contribution >= 4 is 0 Å². The molecule has 18 heavy (non-hydrogen) atoms. The van der Waals surface area contributed by atoms with Crippen molar-refractivity contribution in [1.29, 1.82) is 0 Å². The highest BCUT2D eigenvalue weighted by Crippen LogP contribution is 2.20. The molecular formula is C15H27N3. The third kappa shape index (κ3) is 6.12. The SMILES string of the molecule is CN(CCCC(C)(C)CN)CCc1ccncc1. The largest absolute Gasteiger partial charge is 0.330 e. The first-order valence-corrected chi connectivity index (χ1v) is 6.81. The molecule has 3 heteroatoms. The van der Waals surface area contributed by atoms with Crippen molar-refractivity contribution in [2.24, 2.45) is 11.1 Å². The zero-order valence-corrected chi connectivity index (χ0v) is 12.0. The van der Waals surface area contributed by atoms with Crippen molar-refractivity contribution in [3.63, 3.8) is 0 Å². The van der Waals surface area contributed by atoms with E-state index in [4.69, 9.17) is 5.73 Å².